The normalized spacial score (nSPS) is 32.8. The second-order valence-corrected chi connectivity index (χ2v) is 9.00. The molecule has 4 aliphatic carbocycles. The van der Waals surface area contributed by atoms with E-state index in [0.717, 1.165) is 6.42 Å². The van der Waals surface area contributed by atoms with Crippen molar-refractivity contribution in [1.82, 2.24) is 0 Å². The average Bonchev–Trinajstić information content (AvgIpc) is 3.52. The number of amides is 2. The van der Waals surface area contributed by atoms with E-state index < -0.39 is 5.97 Å². The third-order valence-electron chi connectivity index (χ3n) is 7.03. The van der Waals surface area contributed by atoms with Crippen LogP contribution >= 0.6 is 11.6 Å². The molecule has 5 aliphatic rings. The summed E-state index contributed by atoms with van der Waals surface area (Å²) in [4.78, 5) is 40.2. The summed E-state index contributed by atoms with van der Waals surface area (Å²) in [5.74, 6) is 0.467. The van der Waals surface area contributed by atoms with Gasteiger partial charge in [0.1, 0.15) is 5.75 Å². The van der Waals surface area contributed by atoms with Crippen LogP contribution in [0.5, 0.6) is 5.75 Å². The Morgan fingerprint density at radius 3 is 2.20 bits per heavy atom. The predicted molar refractivity (Wildman–Crippen MR) is 110 cm³/mol. The van der Waals surface area contributed by atoms with Gasteiger partial charge >= 0.3 is 5.97 Å². The number of allylic oxidation sites excluding steroid dienone is 2. The van der Waals surface area contributed by atoms with Crippen molar-refractivity contribution in [3.63, 3.8) is 0 Å². The molecule has 150 valence electrons. The van der Waals surface area contributed by atoms with Gasteiger partial charge in [0, 0.05) is 11.1 Å². The smallest absolute Gasteiger partial charge is 0.343 e. The first-order chi connectivity index (χ1) is 14.5. The molecule has 0 radical (unpaired) electrons. The SMILES string of the molecule is O=C(Oc1cccc(N2C(=O)C3C4C=CC(C5CC45)C3C2=O)c1)c1ccc(Cl)cc1. The number of benzene rings is 2. The van der Waals surface area contributed by atoms with Crippen LogP contribution in [0.4, 0.5) is 5.69 Å². The maximum Gasteiger partial charge on any atom is 0.343 e. The average molecular weight is 420 g/mol. The van der Waals surface area contributed by atoms with Crippen molar-refractivity contribution in [2.24, 2.45) is 35.5 Å². The zero-order valence-electron chi connectivity index (χ0n) is 15.9. The van der Waals surface area contributed by atoms with Crippen molar-refractivity contribution >= 4 is 35.1 Å². The van der Waals surface area contributed by atoms with Crippen molar-refractivity contribution in [3.05, 3.63) is 71.3 Å². The van der Waals surface area contributed by atoms with Crippen molar-refractivity contribution in [3.8, 4) is 5.75 Å². The topological polar surface area (TPSA) is 63.7 Å². The lowest BCUT2D eigenvalue weighted by Crippen LogP contribution is -2.40. The quantitative estimate of drug-likeness (QED) is 0.325. The van der Waals surface area contributed by atoms with Crippen LogP contribution < -0.4 is 9.64 Å². The molecule has 2 amide bonds. The number of carbonyl (C=O) groups is 3. The summed E-state index contributed by atoms with van der Waals surface area (Å²) in [5.41, 5.74) is 0.819. The van der Waals surface area contributed by atoms with Gasteiger partial charge in [-0.2, -0.15) is 0 Å². The first-order valence-corrected chi connectivity index (χ1v) is 10.5. The Hall–Kier alpha value is -2.92. The minimum atomic E-state index is -0.529. The molecule has 0 spiro atoms. The lowest BCUT2D eigenvalue weighted by Gasteiger charge is -2.37. The molecular weight excluding hydrogens is 402 g/mol. The fourth-order valence-electron chi connectivity index (χ4n) is 5.65. The fourth-order valence-corrected chi connectivity index (χ4v) is 5.78. The summed E-state index contributed by atoms with van der Waals surface area (Å²) in [6.45, 7) is 0. The summed E-state index contributed by atoms with van der Waals surface area (Å²) in [5, 5.41) is 0.530. The van der Waals surface area contributed by atoms with Gasteiger partial charge in [0.2, 0.25) is 11.8 Å². The molecule has 6 atom stereocenters. The molecule has 1 heterocycles. The zero-order chi connectivity index (χ0) is 20.6. The van der Waals surface area contributed by atoms with Crippen molar-refractivity contribution in [2.75, 3.05) is 4.90 Å². The van der Waals surface area contributed by atoms with Gasteiger partial charge in [0.05, 0.1) is 23.1 Å². The Kier molecular flexibility index (Phi) is 3.75. The molecule has 5 nitrogen and oxygen atoms in total. The molecule has 7 rings (SSSR count). The second kappa shape index (κ2) is 6.29. The van der Waals surface area contributed by atoms with Gasteiger partial charge < -0.3 is 4.74 Å². The molecule has 0 aromatic heterocycles. The molecule has 2 bridgehead atoms. The lowest BCUT2D eigenvalue weighted by atomic mass is 9.63. The van der Waals surface area contributed by atoms with Crippen molar-refractivity contribution in [2.45, 2.75) is 6.42 Å². The molecule has 6 unspecified atom stereocenters. The number of carbonyl (C=O) groups excluding carboxylic acids is 3. The van der Waals surface area contributed by atoms with Crippen LogP contribution in [0.15, 0.2) is 60.7 Å². The lowest BCUT2D eigenvalue weighted by molar-refractivity contribution is -0.124. The second-order valence-electron chi connectivity index (χ2n) is 8.56. The Balaban J connectivity index is 1.27. The largest absolute Gasteiger partial charge is 0.423 e. The molecule has 30 heavy (non-hydrogen) atoms. The van der Waals surface area contributed by atoms with E-state index in [2.05, 4.69) is 12.2 Å². The zero-order valence-corrected chi connectivity index (χ0v) is 16.7. The Morgan fingerprint density at radius 2 is 1.57 bits per heavy atom. The van der Waals surface area contributed by atoms with Crippen LogP contribution in [0.3, 0.4) is 0 Å². The van der Waals surface area contributed by atoms with Crippen molar-refractivity contribution < 1.29 is 19.1 Å². The molecule has 2 aromatic carbocycles. The number of rotatable bonds is 3. The van der Waals surface area contributed by atoms with E-state index in [0.29, 0.717) is 28.1 Å². The minimum absolute atomic E-state index is 0.129. The highest BCUT2D eigenvalue weighted by Crippen LogP contribution is 2.65. The number of halogens is 1. The van der Waals surface area contributed by atoms with E-state index in [1.54, 1.807) is 48.5 Å². The van der Waals surface area contributed by atoms with E-state index in [-0.39, 0.29) is 41.2 Å². The molecule has 3 fully saturated rings. The summed E-state index contributed by atoms with van der Waals surface area (Å²) in [6, 6.07) is 13.0. The number of esters is 1. The van der Waals surface area contributed by atoms with Gasteiger partial charge in [-0.3, -0.25) is 9.59 Å². The molecule has 2 aromatic rings. The standard InChI is InChI=1S/C24H18ClNO4/c25-13-6-4-12(5-7-13)24(29)30-15-3-1-2-14(10-15)26-22(27)20-16-8-9-17(19-11-18(16)19)21(20)23(26)28/h1-10,16-21H,11H2. The van der Waals surface area contributed by atoms with Gasteiger partial charge in [0.25, 0.3) is 0 Å². The summed E-state index contributed by atoms with van der Waals surface area (Å²) in [7, 11) is 0. The molecule has 1 aliphatic heterocycles. The van der Waals surface area contributed by atoms with Gasteiger partial charge in [-0.05, 0) is 66.5 Å². The highest BCUT2D eigenvalue weighted by molar-refractivity contribution is 6.30. The highest BCUT2D eigenvalue weighted by Gasteiger charge is 2.67. The Morgan fingerprint density at radius 1 is 0.933 bits per heavy atom. The number of hydrogen-bond donors (Lipinski definition) is 0. The summed E-state index contributed by atoms with van der Waals surface area (Å²) in [6.07, 6.45) is 5.43. The fraction of sp³-hybridized carbons (Fsp3) is 0.292. The summed E-state index contributed by atoms with van der Waals surface area (Å²) >= 11 is 5.86. The Bertz CT molecular complexity index is 1090. The number of anilines is 1. The summed E-state index contributed by atoms with van der Waals surface area (Å²) < 4.78 is 5.46. The minimum Gasteiger partial charge on any atom is -0.423 e. The predicted octanol–water partition coefficient (Wildman–Crippen LogP) is 4.12. The first kappa shape index (κ1) is 17.9. The van der Waals surface area contributed by atoms with E-state index >= 15 is 0 Å². The van der Waals surface area contributed by atoms with Crippen LogP contribution in [0.25, 0.3) is 0 Å². The maximum absolute atomic E-state index is 13.2. The van der Waals surface area contributed by atoms with E-state index in [1.165, 1.54) is 4.90 Å². The van der Waals surface area contributed by atoms with E-state index in [4.69, 9.17) is 16.3 Å². The van der Waals surface area contributed by atoms with Gasteiger partial charge in [-0.15, -0.1) is 0 Å². The molecule has 1 saturated heterocycles. The van der Waals surface area contributed by atoms with Gasteiger partial charge in [-0.25, -0.2) is 9.69 Å². The van der Waals surface area contributed by atoms with Crippen LogP contribution in [-0.4, -0.2) is 17.8 Å². The van der Waals surface area contributed by atoms with Crippen LogP contribution in [0, 0.1) is 35.5 Å². The van der Waals surface area contributed by atoms with Crippen LogP contribution in [-0.2, 0) is 9.59 Å². The first-order valence-electron chi connectivity index (χ1n) is 10.2. The highest BCUT2D eigenvalue weighted by atomic mass is 35.5. The number of ether oxygens (including phenoxy) is 1. The van der Waals surface area contributed by atoms with E-state index in [1.807, 2.05) is 0 Å². The molecule has 2 saturated carbocycles. The number of nitrogens with zero attached hydrogens (tertiary/aromatic N) is 1. The molecule has 0 N–H and O–H groups in total. The molecular formula is C24H18ClNO4. The monoisotopic (exact) mass is 419 g/mol. The van der Waals surface area contributed by atoms with E-state index in [9.17, 15) is 14.4 Å². The number of hydrogen-bond acceptors (Lipinski definition) is 4. The van der Waals surface area contributed by atoms with Crippen LogP contribution in [0.1, 0.15) is 16.8 Å². The maximum atomic E-state index is 13.2. The third-order valence-corrected chi connectivity index (χ3v) is 7.28. The number of imide groups is 1. The van der Waals surface area contributed by atoms with Gasteiger partial charge in [0.15, 0.2) is 0 Å². The van der Waals surface area contributed by atoms with Gasteiger partial charge in [-0.1, -0.05) is 29.8 Å². The third kappa shape index (κ3) is 2.51. The van der Waals surface area contributed by atoms with Crippen LogP contribution in [0.2, 0.25) is 5.02 Å². The molecule has 6 heteroatoms. The Labute approximate surface area is 178 Å². The van der Waals surface area contributed by atoms with Crippen molar-refractivity contribution in [1.29, 1.82) is 0 Å².